The SMILES string of the molecule is CCCNC(C)c1ccc(-n2nc(C)c(C)c2C)cn1. The van der Waals surface area contributed by atoms with Crippen molar-refractivity contribution in [2.45, 2.75) is 47.1 Å². The van der Waals surface area contributed by atoms with E-state index in [0.29, 0.717) is 0 Å². The summed E-state index contributed by atoms with van der Waals surface area (Å²) in [4.78, 5) is 4.56. The van der Waals surface area contributed by atoms with Crippen molar-refractivity contribution in [2.24, 2.45) is 0 Å². The first-order chi connectivity index (χ1) is 9.54. The Kier molecular flexibility index (Phi) is 4.55. The van der Waals surface area contributed by atoms with Gasteiger partial charge in [-0.05, 0) is 58.4 Å². The summed E-state index contributed by atoms with van der Waals surface area (Å²) in [5.41, 5.74) is 5.58. The van der Waals surface area contributed by atoms with Gasteiger partial charge in [0.25, 0.3) is 0 Å². The minimum absolute atomic E-state index is 0.284. The van der Waals surface area contributed by atoms with Crippen molar-refractivity contribution >= 4 is 0 Å². The second kappa shape index (κ2) is 6.18. The Balaban J connectivity index is 2.21. The summed E-state index contributed by atoms with van der Waals surface area (Å²) in [6.45, 7) is 11.6. The fourth-order valence-corrected chi connectivity index (χ4v) is 2.22. The van der Waals surface area contributed by atoms with E-state index in [4.69, 9.17) is 0 Å². The number of nitrogens with one attached hydrogen (secondary N) is 1. The van der Waals surface area contributed by atoms with Gasteiger partial charge in [-0.25, -0.2) is 4.68 Å². The van der Waals surface area contributed by atoms with E-state index in [0.717, 1.165) is 30.0 Å². The molecule has 0 aliphatic carbocycles. The number of pyridine rings is 1. The average molecular weight is 272 g/mol. The van der Waals surface area contributed by atoms with Crippen LogP contribution in [0.25, 0.3) is 5.69 Å². The Morgan fingerprint density at radius 2 is 2.00 bits per heavy atom. The molecule has 0 spiro atoms. The number of hydrogen-bond acceptors (Lipinski definition) is 3. The predicted molar refractivity (Wildman–Crippen MR) is 82.3 cm³/mol. The standard InChI is InChI=1S/C16H24N4/c1-6-9-17-13(4)16-8-7-15(10-18-16)20-14(5)11(2)12(3)19-20/h7-8,10,13,17H,6,9H2,1-5H3. The summed E-state index contributed by atoms with van der Waals surface area (Å²) in [5, 5.41) is 8.01. The van der Waals surface area contributed by atoms with Crippen LogP contribution in [0.2, 0.25) is 0 Å². The summed E-state index contributed by atoms with van der Waals surface area (Å²) in [6, 6.07) is 4.45. The van der Waals surface area contributed by atoms with E-state index >= 15 is 0 Å². The third kappa shape index (κ3) is 2.90. The second-order valence-corrected chi connectivity index (χ2v) is 5.32. The Labute approximate surface area is 121 Å². The van der Waals surface area contributed by atoms with E-state index < -0.39 is 0 Å². The van der Waals surface area contributed by atoms with Gasteiger partial charge in [-0.2, -0.15) is 5.10 Å². The molecule has 2 rings (SSSR count). The van der Waals surface area contributed by atoms with Crippen molar-refractivity contribution in [1.82, 2.24) is 20.1 Å². The fourth-order valence-electron chi connectivity index (χ4n) is 2.22. The molecule has 4 heteroatoms. The van der Waals surface area contributed by atoms with E-state index in [-0.39, 0.29) is 6.04 Å². The molecule has 2 aromatic heterocycles. The van der Waals surface area contributed by atoms with Crippen LogP contribution in [0.5, 0.6) is 0 Å². The number of nitrogens with zero attached hydrogens (tertiary/aromatic N) is 3. The van der Waals surface area contributed by atoms with E-state index in [1.54, 1.807) is 0 Å². The van der Waals surface area contributed by atoms with Crippen molar-refractivity contribution in [3.05, 3.63) is 41.0 Å². The summed E-state index contributed by atoms with van der Waals surface area (Å²) < 4.78 is 1.96. The maximum absolute atomic E-state index is 4.57. The van der Waals surface area contributed by atoms with Gasteiger partial charge in [0, 0.05) is 11.7 Å². The number of aromatic nitrogens is 3. The Bertz CT molecular complexity index is 569. The maximum atomic E-state index is 4.57. The molecule has 2 aromatic rings. The van der Waals surface area contributed by atoms with Crippen LogP contribution in [-0.4, -0.2) is 21.3 Å². The van der Waals surface area contributed by atoms with Crippen LogP contribution in [-0.2, 0) is 0 Å². The highest BCUT2D eigenvalue weighted by molar-refractivity contribution is 5.35. The van der Waals surface area contributed by atoms with Gasteiger partial charge in [-0.3, -0.25) is 4.98 Å². The smallest absolute Gasteiger partial charge is 0.0832 e. The van der Waals surface area contributed by atoms with Gasteiger partial charge in [0.2, 0.25) is 0 Å². The normalized spacial score (nSPS) is 12.7. The van der Waals surface area contributed by atoms with Crippen LogP contribution in [0.4, 0.5) is 0 Å². The molecule has 0 saturated heterocycles. The van der Waals surface area contributed by atoms with Crippen molar-refractivity contribution < 1.29 is 0 Å². The zero-order valence-electron chi connectivity index (χ0n) is 13.1. The minimum atomic E-state index is 0.284. The van der Waals surface area contributed by atoms with Gasteiger partial charge in [0.05, 0.1) is 23.3 Å². The molecule has 1 unspecified atom stereocenters. The van der Waals surface area contributed by atoms with E-state index in [1.165, 1.54) is 11.3 Å². The largest absolute Gasteiger partial charge is 0.309 e. The highest BCUT2D eigenvalue weighted by atomic mass is 15.3. The summed E-state index contributed by atoms with van der Waals surface area (Å²) in [7, 11) is 0. The van der Waals surface area contributed by atoms with Crippen molar-refractivity contribution in [2.75, 3.05) is 6.54 Å². The highest BCUT2D eigenvalue weighted by Crippen LogP contribution is 2.17. The van der Waals surface area contributed by atoms with Gasteiger partial charge in [0.1, 0.15) is 0 Å². The third-order valence-corrected chi connectivity index (χ3v) is 3.81. The zero-order valence-corrected chi connectivity index (χ0v) is 13.1. The van der Waals surface area contributed by atoms with Gasteiger partial charge < -0.3 is 5.32 Å². The Hall–Kier alpha value is -1.68. The molecule has 1 atom stereocenters. The molecule has 108 valence electrons. The molecule has 0 aromatic carbocycles. The quantitative estimate of drug-likeness (QED) is 0.908. The molecule has 2 heterocycles. The Morgan fingerprint density at radius 1 is 1.25 bits per heavy atom. The molecular formula is C16H24N4. The van der Waals surface area contributed by atoms with Gasteiger partial charge in [-0.1, -0.05) is 6.92 Å². The topological polar surface area (TPSA) is 42.7 Å². The molecule has 0 saturated carbocycles. The lowest BCUT2D eigenvalue weighted by Crippen LogP contribution is -2.20. The highest BCUT2D eigenvalue weighted by Gasteiger charge is 2.10. The average Bonchev–Trinajstić information content (AvgIpc) is 2.72. The van der Waals surface area contributed by atoms with Crippen LogP contribution in [0.15, 0.2) is 18.3 Å². The van der Waals surface area contributed by atoms with Crippen LogP contribution in [0.3, 0.4) is 0 Å². The van der Waals surface area contributed by atoms with E-state index in [2.05, 4.69) is 55.2 Å². The first-order valence-electron chi connectivity index (χ1n) is 7.27. The van der Waals surface area contributed by atoms with Gasteiger partial charge in [0.15, 0.2) is 0 Å². The van der Waals surface area contributed by atoms with Crippen LogP contribution < -0.4 is 5.32 Å². The molecule has 0 bridgehead atoms. The van der Waals surface area contributed by atoms with Gasteiger partial charge in [-0.15, -0.1) is 0 Å². The molecule has 0 aliphatic rings. The number of aryl methyl sites for hydroxylation is 1. The summed E-state index contributed by atoms with van der Waals surface area (Å²) >= 11 is 0. The molecule has 0 radical (unpaired) electrons. The van der Waals surface area contributed by atoms with Crippen molar-refractivity contribution in [3.63, 3.8) is 0 Å². The Morgan fingerprint density at radius 3 is 2.50 bits per heavy atom. The lowest BCUT2D eigenvalue weighted by Gasteiger charge is -2.13. The number of rotatable bonds is 5. The van der Waals surface area contributed by atoms with Crippen molar-refractivity contribution in [3.8, 4) is 5.69 Å². The zero-order chi connectivity index (χ0) is 14.7. The van der Waals surface area contributed by atoms with E-state index in [9.17, 15) is 0 Å². The molecule has 4 nitrogen and oxygen atoms in total. The number of hydrogen-bond donors (Lipinski definition) is 1. The lowest BCUT2D eigenvalue weighted by atomic mass is 10.2. The van der Waals surface area contributed by atoms with Crippen LogP contribution in [0.1, 0.15) is 49.0 Å². The monoisotopic (exact) mass is 272 g/mol. The molecule has 0 aliphatic heterocycles. The van der Waals surface area contributed by atoms with Gasteiger partial charge >= 0.3 is 0 Å². The molecule has 20 heavy (non-hydrogen) atoms. The van der Waals surface area contributed by atoms with Crippen LogP contribution in [0, 0.1) is 20.8 Å². The first-order valence-corrected chi connectivity index (χ1v) is 7.27. The molecule has 0 amide bonds. The molecule has 1 N–H and O–H groups in total. The van der Waals surface area contributed by atoms with Crippen LogP contribution >= 0.6 is 0 Å². The third-order valence-electron chi connectivity index (χ3n) is 3.81. The second-order valence-electron chi connectivity index (χ2n) is 5.32. The summed E-state index contributed by atoms with van der Waals surface area (Å²) in [6.07, 6.45) is 3.03. The fraction of sp³-hybridized carbons (Fsp3) is 0.500. The molecular weight excluding hydrogens is 248 g/mol. The van der Waals surface area contributed by atoms with E-state index in [1.807, 2.05) is 17.8 Å². The maximum Gasteiger partial charge on any atom is 0.0832 e. The minimum Gasteiger partial charge on any atom is -0.309 e. The lowest BCUT2D eigenvalue weighted by molar-refractivity contribution is 0.558. The van der Waals surface area contributed by atoms with Crippen molar-refractivity contribution in [1.29, 1.82) is 0 Å². The molecule has 0 fully saturated rings. The summed E-state index contributed by atoms with van der Waals surface area (Å²) in [5.74, 6) is 0. The predicted octanol–water partition coefficient (Wildman–Crippen LogP) is 3.25. The first kappa shape index (κ1) is 14.7.